The van der Waals surface area contributed by atoms with Gasteiger partial charge in [-0.1, -0.05) is 0 Å². The fraction of sp³-hybridized carbons (Fsp3) is 0.400. The molecule has 2 aromatic heterocycles. The molecule has 0 saturated heterocycles. The maximum Gasteiger partial charge on any atom is 0.328 e. The molecule has 0 radical (unpaired) electrons. The van der Waals surface area contributed by atoms with Crippen molar-refractivity contribution in [2.24, 2.45) is 0 Å². The minimum absolute atomic E-state index is 0.0884. The van der Waals surface area contributed by atoms with Crippen LogP contribution in [-0.4, -0.2) is 14.1 Å². The largest absolute Gasteiger partial charge is 0.328 e. The molecule has 0 bridgehead atoms. The van der Waals surface area contributed by atoms with E-state index in [1.54, 1.807) is 21.4 Å². The summed E-state index contributed by atoms with van der Waals surface area (Å²) in [6, 6.07) is 0.453. The molecule has 0 N–H and O–H groups in total. The molecule has 78 valence electrons. The zero-order valence-corrected chi connectivity index (χ0v) is 8.98. The molecule has 0 aromatic carbocycles. The van der Waals surface area contributed by atoms with Crippen molar-refractivity contribution in [1.82, 2.24) is 14.1 Å². The first-order valence-electron chi connectivity index (χ1n) is 4.99. The standard InChI is InChI=1S/C10H11N3OS/c14-10-12(5-8-6-15-7-11-8)3-4-13(10)9-1-2-9/h3-4,6-7,9H,1-2,5H2. The Morgan fingerprint density at radius 3 is 3.00 bits per heavy atom. The summed E-state index contributed by atoms with van der Waals surface area (Å²) in [4.78, 5) is 16.1. The number of hydrogen-bond acceptors (Lipinski definition) is 3. The highest BCUT2D eigenvalue weighted by atomic mass is 32.1. The van der Waals surface area contributed by atoms with Gasteiger partial charge in [-0.2, -0.15) is 0 Å². The number of imidazole rings is 1. The maximum atomic E-state index is 11.9. The third kappa shape index (κ3) is 1.63. The van der Waals surface area contributed by atoms with Crippen LogP contribution in [0.4, 0.5) is 0 Å². The van der Waals surface area contributed by atoms with Crippen LogP contribution >= 0.6 is 11.3 Å². The van der Waals surface area contributed by atoms with Gasteiger partial charge < -0.3 is 0 Å². The molecule has 0 amide bonds. The first kappa shape index (κ1) is 8.91. The number of nitrogens with zero attached hydrogens (tertiary/aromatic N) is 3. The van der Waals surface area contributed by atoms with E-state index in [-0.39, 0.29) is 5.69 Å². The molecule has 0 spiro atoms. The van der Waals surface area contributed by atoms with Crippen molar-refractivity contribution in [3.63, 3.8) is 0 Å². The second kappa shape index (κ2) is 3.34. The summed E-state index contributed by atoms with van der Waals surface area (Å²) < 4.78 is 3.54. The van der Waals surface area contributed by atoms with Gasteiger partial charge in [0.2, 0.25) is 0 Å². The minimum atomic E-state index is 0.0884. The highest BCUT2D eigenvalue weighted by Gasteiger charge is 2.25. The Labute approximate surface area is 90.8 Å². The molecule has 0 aliphatic heterocycles. The lowest BCUT2D eigenvalue weighted by Crippen LogP contribution is -2.23. The summed E-state index contributed by atoms with van der Waals surface area (Å²) in [6.07, 6.45) is 6.01. The first-order valence-corrected chi connectivity index (χ1v) is 5.93. The lowest BCUT2D eigenvalue weighted by Gasteiger charge is -1.98. The third-order valence-electron chi connectivity index (χ3n) is 2.63. The lowest BCUT2D eigenvalue weighted by molar-refractivity contribution is 0.652. The van der Waals surface area contributed by atoms with Crippen LogP contribution in [0.2, 0.25) is 0 Å². The molecule has 4 nitrogen and oxygen atoms in total. The fourth-order valence-corrected chi connectivity index (χ4v) is 2.22. The van der Waals surface area contributed by atoms with Crippen LogP contribution in [0.25, 0.3) is 0 Å². The highest BCUT2D eigenvalue weighted by Crippen LogP contribution is 2.33. The van der Waals surface area contributed by atoms with E-state index in [0.29, 0.717) is 12.6 Å². The van der Waals surface area contributed by atoms with Crippen molar-refractivity contribution in [2.75, 3.05) is 0 Å². The van der Waals surface area contributed by atoms with Gasteiger partial charge in [0.1, 0.15) is 0 Å². The van der Waals surface area contributed by atoms with Gasteiger partial charge in [0.05, 0.1) is 17.7 Å². The van der Waals surface area contributed by atoms with E-state index in [9.17, 15) is 4.79 Å². The SMILES string of the molecule is O=c1n(Cc2cscn2)ccn1C1CC1. The van der Waals surface area contributed by atoms with Gasteiger partial charge in [-0.15, -0.1) is 11.3 Å². The summed E-state index contributed by atoms with van der Waals surface area (Å²) in [5.74, 6) is 0. The average molecular weight is 221 g/mol. The van der Waals surface area contributed by atoms with Crippen LogP contribution in [-0.2, 0) is 6.54 Å². The van der Waals surface area contributed by atoms with E-state index in [4.69, 9.17) is 0 Å². The molecule has 1 saturated carbocycles. The molecule has 1 aliphatic carbocycles. The number of hydrogen-bond donors (Lipinski definition) is 0. The summed E-state index contributed by atoms with van der Waals surface area (Å²) in [5, 5.41) is 1.97. The van der Waals surface area contributed by atoms with E-state index in [1.165, 1.54) is 0 Å². The fourth-order valence-electron chi connectivity index (χ4n) is 1.67. The van der Waals surface area contributed by atoms with Crippen LogP contribution in [0, 0.1) is 0 Å². The molecule has 2 heterocycles. The van der Waals surface area contributed by atoms with Crippen LogP contribution in [0.3, 0.4) is 0 Å². The van der Waals surface area contributed by atoms with Crippen LogP contribution in [0.1, 0.15) is 24.6 Å². The molecule has 3 rings (SSSR count). The van der Waals surface area contributed by atoms with Crippen molar-refractivity contribution in [2.45, 2.75) is 25.4 Å². The Morgan fingerprint density at radius 1 is 1.47 bits per heavy atom. The summed E-state index contributed by atoms with van der Waals surface area (Å²) in [7, 11) is 0. The van der Waals surface area contributed by atoms with E-state index in [2.05, 4.69) is 4.98 Å². The molecular formula is C10H11N3OS. The quantitative estimate of drug-likeness (QED) is 0.787. The van der Waals surface area contributed by atoms with E-state index < -0.39 is 0 Å². The molecule has 5 heteroatoms. The van der Waals surface area contributed by atoms with Gasteiger partial charge in [0.25, 0.3) is 0 Å². The van der Waals surface area contributed by atoms with Crippen molar-refractivity contribution in [1.29, 1.82) is 0 Å². The van der Waals surface area contributed by atoms with Crippen LogP contribution < -0.4 is 5.69 Å². The van der Waals surface area contributed by atoms with Crippen molar-refractivity contribution >= 4 is 11.3 Å². The Morgan fingerprint density at radius 2 is 2.33 bits per heavy atom. The average Bonchev–Trinajstić information content (AvgIpc) is 2.83. The number of rotatable bonds is 3. The highest BCUT2D eigenvalue weighted by molar-refractivity contribution is 7.07. The predicted molar refractivity (Wildman–Crippen MR) is 58.2 cm³/mol. The normalized spacial score (nSPS) is 15.7. The number of aromatic nitrogens is 3. The molecule has 0 atom stereocenters. The molecule has 2 aromatic rings. The molecular weight excluding hydrogens is 210 g/mol. The monoisotopic (exact) mass is 221 g/mol. The lowest BCUT2D eigenvalue weighted by atomic mass is 10.5. The molecule has 15 heavy (non-hydrogen) atoms. The Balaban J connectivity index is 1.89. The van der Waals surface area contributed by atoms with E-state index in [1.807, 2.05) is 22.3 Å². The first-order chi connectivity index (χ1) is 7.34. The Hall–Kier alpha value is -1.36. The van der Waals surface area contributed by atoms with Gasteiger partial charge in [-0.3, -0.25) is 9.13 Å². The smallest absolute Gasteiger partial charge is 0.296 e. The van der Waals surface area contributed by atoms with Crippen molar-refractivity contribution in [3.05, 3.63) is 39.5 Å². The van der Waals surface area contributed by atoms with Gasteiger partial charge in [-0.05, 0) is 12.8 Å². The van der Waals surface area contributed by atoms with Crippen molar-refractivity contribution in [3.8, 4) is 0 Å². The molecule has 1 aliphatic rings. The van der Waals surface area contributed by atoms with Crippen molar-refractivity contribution < 1.29 is 0 Å². The van der Waals surface area contributed by atoms with Gasteiger partial charge >= 0.3 is 5.69 Å². The zero-order valence-electron chi connectivity index (χ0n) is 8.17. The van der Waals surface area contributed by atoms with Crippen LogP contribution in [0.5, 0.6) is 0 Å². The third-order valence-corrected chi connectivity index (χ3v) is 3.27. The second-order valence-electron chi connectivity index (χ2n) is 3.83. The predicted octanol–water partition coefficient (Wildman–Crippen LogP) is 1.49. The van der Waals surface area contributed by atoms with Gasteiger partial charge in [0.15, 0.2) is 0 Å². The van der Waals surface area contributed by atoms with E-state index in [0.717, 1.165) is 18.5 Å². The second-order valence-corrected chi connectivity index (χ2v) is 4.55. The minimum Gasteiger partial charge on any atom is -0.296 e. The van der Waals surface area contributed by atoms with Crippen LogP contribution in [0.15, 0.2) is 28.1 Å². The zero-order chi connectivity index (χ0) is 10.3. The number of thiazole rings is 1. The summed E-state index contributed by atoms with van der Waals surface area (Å²) in [6.45, 7) is 0.585. The van der Waals surface area contributed by atoms with E-state index >= 15 is 0 Å². The topological polar surface area (TPSA) is 39.8 Å². The molecule has 1 fully saturated rings. The Kier molecular flexibility index (Phi) is 1.98. The maximum absolute atomic E-state index is 11.9. The molecule has 0 unspecified atom stereocenters. The Bertz CT molecular complexity index is 507. The summed E-state index contributed by atoms with van der Waals surface area (Å²) in [5.41, 5.74) is 2.83. The summed E-state index contributed by atoms with van der Waals surface area (Å²) >= 11 is 1.56. The van der Waals surface area contributed by atoms with Gasteiger partial charge in [-0.25, -0.2) is 9.78 Å². The van der Waals surface area contributed by atoms with Gasteiger partial charge in [0, 0.05) is 23.8 Å².